The maximum atomic E-state index is 6.29. The number of hydrogen-bond acceptors (Lipinski definition) is 4. The third kappa shape index (κ3) is 3.29. The van der Waals surface area contributed by atoms with Gasteiger partial charge in [0.25, 0.3) is 0 Å². The molecule has 1 heterocycles. The van der Waals surface area contributed by atoms with Crippen molar-refractivity contribution in [3.63, 3.8) is 0 Å². The molecule has 0 saturated heterocycles. The highest BCUT2D eigenvalue weighted by Crippen LogP contribution is 2.20. The van der Waals surface area contributed by atoms with Crippen LogP contribution in [0.3, 0.4) is 0 Å². The minimum Gasteiger partial charge on any atom is -0.481 e. The predicted octanol–water partition coefficient (Wildman–Crippen LogP) is 2.29. The number of nitrogens with zero attached hydrogens (tertiary/aromatic N) is 2. The standard InChI is InChI=1S/C15H19N3O/c1-3-11-6-4-5-7-13(11)14(16)8-12-9-15(19-2)18-10-17-12/h4-7,9-10,14H,3,8,16H2,1-2H3. The Balaban J connectivity index is 2.18. The summed E-state index contributed by atoms with van der Waals surface area (Å²) in [5.41, 5.74) is 9.66. The van der Waals surface area contributed by atoms with E-state index in [4.69, 9.17) is 10.5 Å². The summed E-state index contributed by atoms with van der Waals surface area (Å²) in [4.78, 5) is 8.23. The van der Waals surface area contributed by atoms with Crippen LogP contribution >= 0.6 is 0 Å². The number of benzene rings is 1. The van der Waals surface area contributed by atoms with Crippen molar-refractivity contribution in [1.82, 2.24) is 9.97 Å². The van der Waals surface area contributed by atoms with Crippen molar-refractivity contribution in [2.75, 3.05) is 7.11 Å². The number of methoxy groups -OCH3 is 1. The highest BCUT2D eigenvalue weighted by Gasteiger charge is 2.12. The summed E-state index contributed by atoms with van der Waals surface area (Å²) in [5, 5.41) is 0. The van der Waals surface area contributed by atoms with Gasteiger partial charge < -0.3 is 10.5 Å². The smallest absolute Gasteiger partial charge is 0.216 e. The first-order valence-corrected chi connectivity index (χ1v) is 6.43. The van der Waals surface area contributed by atoms with Crippen molar-refractivity contribution in [2.24, 2.45) is 5.73 Å². The van der Waals surface area contributed by atoms with Gasteiger partial charge in [-0.2, -0.15) is 0 Å². The minimum absolute atomic E-state index is 0.0595. The average molecular weight is 257 g/mol. The summed E-state index contributed by atoms with van der Waals surface area (Å²) in [6.45, 7) is 2.14. The van der Waals surface area contributed by atoms with Gasteiger partial charge in [0.15, 0.2) is 0 Å². The largest absolute Gasteiger partial charge is 0.481 e. The fourth-order valence-corrected chi connectivity index (χ4v) is 2.15. The number of rotatable bonds is 5. The first kappa shape index (κ1) is 13.5. The molecule has 100 valence electrons. The van der Waals surface area contributed by atoms with E-state index in [9.17, 15) is 0 Å². The Morgan fingerprint density at radius 2 is 2.05 bits per heavy atom. The molecule has 2 N–H and O–H groups in total. The van der Waals surface area contributed by atoms with Crippen molar-refractivity contribution >= 4 is 0 Å². The molecule has 1 aromatic heterocycles. The molecule has 0 spiro atoms. The quantitative estimate of drug-likeness (QED) is 0.892. The summed E-state index contributed by atoms with van der Waals surface area (Å²) in [6, 6.07) is 10.0. The maximum Gasteiger partial charge on any atom is 0.216 e. The van der Waals surface area contributed by atoms with E-state index in [2.05, 4.69) is 29.0 Å². The van der Waals surface area contributed by atoms with E-state index in [0.717, 1.165) is 12.1 Å². The van der Waals surface area contributed by atoms with Gasteiger partial charge in [0, 0.05) is 24.2 Å². The monoisotopic (exact) mass is 257 g/mol. The van der Waals surface area contributed by atoms with Gasteiger partial charge in [0.05, 0.1) is 7.11 Å². The minimum atomic E-state index is -0.0595. The zero-order chi connectivity index (χ0) is 13.7. The van der Waals surface area contributed by atoms with Gasteiger partial charge in [-0.15, -0.1) is 0 Å². The van der Waals surface area contributed by atoms with Gasteiger partial charge in [0.1, 0.15) is 6.33 Å². The lowest BCUT2D eigenvalue weighted by molar-refractivity contribution is 0.395. The fraction of sp³-hybridized carbons (Fsp3) is 0.333. The summed E-state index contributed by atoms with van der Waals surface area (Å²) >= 11 is 0. The van der Waals surface area contributed by atoms with Gasteiger partial charge in [-0.05, 0) is 17.5 Å². The Labute approximate surface area is 113 Å². The molecule has 0 saturated carbocycles. The lowest BCUT2D eigenvalue weighted by Crippen LogP contribution is -2.16. The molecule has 1 atom stereocenters. The number of hydrogen-bond donors (Lipinski definition) is 1. The van der Waals surface area contributed by atoms with Gasteiger partial charge in [-0.3, -0.25) is 0 Å². The van der Waals surface area contributed by atoms with Crippen LogP contribution in [0.4, 0.5) is 0 Å². The van der Waals surface area contributed by atoms with E-state index in [0.29, 0.717) is 12.3 Å². The van der Waals surface area contributed by atoms with Crippen LogP contribution < -0.4 is 10.5 Å². The van der Waals surface area contributed by atoms with E-state index in [1.807, 2.05) is 18.2 Å². The van der Waals surface area contributed by atoms with Crippen LogP contribution in [0.2, 0.25) is 0 Å². The van der Waals surface area contributed by atoms with E-state index in [1.54, 1.807) is 7.11 Å². The molecule has 4 heteroatoms. The SMILES string of the molecule is CCc1ccccc1C(N)Cc1cc(OC)ncn1. The highest BCUT2D eigenvalue weighted by molar-refractivity contribution is 5.31. The summed E-state index contributed by atoms with van der Waals surface area (Å²) in [6.07, 6.45) is 3.17. The molecule has 2 aromatic rings. The topological polar surface area (TPSA) is 61.0 Å². The number of aryl methyl sites for hydroxylation is 1. The molecule has 4 nitrogen and oxygen atoms in total. The Morgan fingerprint density at radius 1 is 1.26 bits per heavy atom. The summed E-state index contributed by atoms with van der Waals surface area (Å²) in [5.74, 6) is 0.570. The predicted molar refractivity (Wildman–Crippen MR) is 75.0 cm³/mol. The van der Waals surface area contributed by atoms with E-state index in [1.165, 1.54) is 17.5 Å². The Kier molecular flexibility index (Phi) is 4.47. The van der Waals surface area contributed by atoms with Crippen LogP contribution in [0.25, 0.3) is 0 Å². The third-order valence-corrected chi connectivity index (χ3v) is 3.17. The molecule has 19 heavy (non-hydrogen) atoms. The molecular weight excluding hydrogens is 238 g/mol. The average Bonchev–Trinajstić information content (AvgIpc) is 2.47. The van der Waals surface area contributed by atoms with Gasteiger partial charge in [-0.25, -0.2) is 9.97 Å². The number of aromatic nitrogens is 2. The van der Waals surface area contributed by atoms with Crippen LogP contribution in [-0.2, 0) is 12.8 Å². The van der Waals surface area contributed by atoms with E-state index < -0.39 is 0 Å². The first-order valence-electron chi connectivity index (χ1n) is 6.43. The second kappa shape index (κ2) is 6.29. The summed E-state index contributed by atoms with van der Waals surface area (Å²) < 4.78 is 5.10. The zero-order valence-corrected chi connectivity index (χ0v) is 11.3. The van der Waals surface area contributed by atoms with Crippen molar-refractivity contribution in [3.05, 3.63) is 53.5 Å². The van der Waals surface area contributed by atoms with Crippen LogP contribution in [0, 0.1) is 0 Å². The van der Waals surface area contributed by atoms with Crippen LogP contribution in [0.15, 0.2) is 36.7 Å². The zero-order valence-electron chi connectivity index (χ0n) is 11.3. The van der Waals surface area contributed by atoms with Crippen molar-refractivity contribution in [1.29, 1.82) is 0 Å². The molecule has 1 aromatic carbocycles. The Morgan fingerprint density at radius 3 is 2.79 bits per heavy atom. The van der Waals surface area contributed by atoms with Crippen LogP contribution in [0.5, 0.6) is 5.88 Å². The normalized spacial score (nSPS) is 12.2. The van der Waals surface area contributed by atoms with Gasteiger partial charge in [-0.1, -0.05) is 31.2 Å². The molecule has 0 aliphatic rings. The second-order valence-electron chi connectivity index (χ2n) is 4.41. The van der Waals surface area contributed by atoms with E-state index in [-0.39, 0.29) is 6.04 Å². The van der Waals surface area contributed by atoms with Crippen LogP contribution in [0.1, 0.15) is 29.8 Å². The molecule has 0 aliphatic heterocycles. The molecule has 0 aliphatic carbocycles. The lowest BCUT2D eigenvalue weighted by Gasteiger charge is -2.15. The molecule has 2 rings (SSSR count). The highest BCUT2D eigenvalue weighted by atomic mass is 16.5. The molecular formula is C15H19N3O. The molecule has 1 unspecified atom stereocenters. The fourth-order valence-electron chi connectivity index (χ4n) is 2.15. The van der Waals surface area contributed by atoms with Crippen molar-refractivity contribution in [3.8, 4) is 5.88 Å². The number of nitrogens with two attached hydrogens (primary N) is 1. The number of ether oxygens (including phenoxy) is 1. The molecule has 0 fully saturated rings. The Bertz CT molecular complexity index is 542. The molecule has 0 bridgehead atoms. The van der Waals surface area contributed by atoms with Gasteiger partial charge in [0.2, 0.25) is 5.88 Å². The second-order valence-corrected chi connectivity index (χ2v) is 4.41. The lowest BCUT2D eigenvalue weighted by atomic mass is 9.96. The molecule has 0 radical (unpaired) electrons. The molecule has 0 amide bonds. The maximum absolute atomic E-state index is 6.29. The van der Waals surface area contributed by atoms with Gasteiger partial charge >= 0.3 is 0 Å². The first-order chi connectivity index (χ1) is 9.24. The van der Waals surface area contributed by atoms with Crippen LogP contribution in [-0.4, -0.2) is 17.1 Å². The van der Waals surface area contributed by atoms with E-state index >= 15 is 0 Å². The van der Waals surface area contributed by atoms with Crippen molar-refractivity contribution in [2.45, 2.75) is 25.8 Å². The summed E-state index contributed by atoms with van der Waals surface area (Å²) in [7, 11) is 1.60. The van der Waals surface area contributed by atoms with Crippen molar-refractivity contribution < 1.29 is 4.74 Å². The Hall–Kier alpha value is -1.94. The third-order valence-electron chi connectivity index (χ3n) is 3.17.